The van der Waals surface area contributed by atoms with Crippen molar-refractivity contribution < 1.29 is 30.7 Å². The SMILES string of the molecule is Nc1nc(Nc2ccc(C(F)(F)F)cc2)nc(-c2c(C(F)(F)F)nc3ccc(F)cn23)n1. The van der Waals surface area contributed by atoms with Gasteiger partial charge in [0.15, 0.2) is 11.5 Å². The number of nitrogens with zero attached hydrogens (tertiary/aromatic N) is 5. The van der Waals surface area contributed by atoms with Gasteiger partial charge in [-0.1, -0.05) is 0 Å². The van der Waals surface area contributed by atoms with Crippen LogP contribution in [0.3, 0.4) is 0 Å². The van der Waals surface area contributed by atoms with Gasteiger partial charge in [0.1, 0.15) is 17.2 Å². The van der Waals surface area contributed by atoms with Crippen molar-refractivity contribution >= 4 is 23.2 Å². The average molecular weight is 457 g/mol. The number of halogens is 7. The van der Waals surface area contributed by atoms with E-state index in [9.17, 15) is 30.7 Å². The molecule has 0 saturated carbocycles. The molecule has 4 aromatic rings. The fourth-order valence-electron chi connectivity index (χ4n) is 2.86. The molecule has 0 atom stereocenters. The molecule has 0 unspecified atom stereocenters. The Hall–Kier alpha value is -3.97. The Labute approximate surface area is 173 Å². The molecule has 7 nitrogen and oxygen atoms in total. The molecule has 0 radical (unpaired) electrons. The molecule has 3 N–H and O–H groups in total. The minimum absolute atomic E-state index is 0.106. The topological polar surface area (TPSA) is 94.0 Å². The second-order valence-corrected chi connectivity index (χ2v) is 6.42. The number of nitrogens with one attached hydrogen (secondary N) is 1. The highest BCUT2D eigenvalue weighted by atomic mass is 19.4. The Balaban J connectivity index is 1.80. The number of hydrogen-bond acceptors (Lipinski definition) is 6. The number of imidazole rings is 1. The number of benzene rings is 1. The number of nitrogens with two attached hydrogens (primary N) is 1. The number of aromatic nitrogens is 5. The number of hydrogen-bond donors (Lipinski definition) is 2. The Morgan fingerprint density at radius 1 is 0.812 bits per heavy atom. The lowest BCUT2D eigenvalue weighted by atomic mass is 10.2. The molecule has 166 valence electrons. The van der Waals surface area contributed by atoms with E-state index in [1.807, 2.05) is 0 Å². The fraction of sp³-hybridized carbons (Fsp3) is 0.111. The summed E-state index contributed by atoms with van der Waals surface area (Å²) < 4.78 is 93.3. The summed E-state index contributed by atoms with van der Waals surface area (Å²) in [7, 11) is 0. The second-order valence-electron chi connectivity index (χ2n) is 6.42. The van der Waals surface area contributed by atoms with Crippen molar-refractivity contribution in [2.24, 2.45) is 0 Å². The molecular formula is C18H10F7N7. The molecule has 0 fully saturated rings. The zero-order valence-corrected chi connectivity index (χ0v) is 15.5. The van der Waals surface area contributed by atoms with Gasteiger partial charge in [0.2, 0.25) is 11.9 Å². The minimum Gasteiger partial charge on any atom is -0.368 e. The van der Waals surface area contributed by atoms with Crippen LogP contribution in [-0.4, -0.2) is 24.3 Å². The molecule has 0 amide bonds. The third-order valence-corrected chi connectivity index (χ3v) is 4.18. The van der Waals surface area contributed by atoms with Gasteiger partial charge in [-0.25, -0.2) is 9.37 Å². The summed E-state index contributed by atoms with van der Waals surface area (Å²) in [6, 6.07) is 5.72. The summed E-state index contributed by atoms with van der Waals surface area (Å²) in [5, 5.41) is 2.55. The van der Waals surface area contributed by atoms with Gasteiger partial charge >= 0.3 is 12.4 Å². The van der Waals surface area contributed by atoms with E-state index in [2.05, 4.69) is 25.3 Å². The monoisotopic (exact) mass is 457 g/mol. The van der Waals surface area contributed by atoms with E-state index >= 15 is 0 Å². The standard InChI is InChI=1S/C18H10F7N7/c19-9-3-6-11-28-13(18(23,24)25)12(32(11)7-9)14-29-15(26)31-16(30-14)27-10-4-1-8(2-5-10)17(20,21)22/h1-7H,(H3,26,27,29,30,31). The van der Waals surface area contributed by atoms with Crippen LogP contribution in [0.25, 0.3) is 17.2 Å². The lowest BCUT2D eigenvalue weighted by Crippen LogP contribution is -2.11. The van der Waals surface area contributed by atoms with E-state index in [-0.39, 0.29) is 17.3 Å². The van der Waals surface area contributed by atoms with Crippen molar-refractivity contribution in [2.75, 3.05) is 11.1 Å². The number of pyridine rings is 1. The highest BCUT2D eigenvalue weighted by molar-refractivity contribution is 5.65. The Morgan fingerprint density at radius 3 is 2.12 bits per heavy atom. The van der Waals surface area contributed by atoms with Crippen LogP contribution in [0, 0.1) is 5.82 Å². The first kappa shape index (κ1) is 21.3. The smallest absolute Gasteiger partial charge is 0.368 e. The van der Waals surface area contributed by atoms with Crippen molar-refractivity contribution in [2.45, 2.75) is 12.4 Å². The predicted molar refractivity (Wildman–Crippen MR) is 98.1 cm³/mol. The molecule has 0 bridgehead atoms. The Morgan fingerprint density at radius 2 is 1.50 bits per heavy atom. The summed E-state index contributed by atoms with van der Waals surface area (Å²) >= 11 is 0. The van der Waals surface area contributed by atoms with Crippen LogP contribution in [-0.2, 0) is 12.4 Å². The molecule has 4 rings (SSSR count). The molecule has 1 aromatic carbocycles. The molecule has 0 aliphatic carbocycles. The molecule has 3 heterocycles. The lowest BCUT2D eigenvalue weighted by Gasteiger charge is -2.11. The Kier molecular flexibility index (Phi) is 4.86. The largest absolute Gasteiger partial charge is 0.435 e. The zero-order chi connectivity index (χ0) is 23.3. The van der Waals surface area contributed by atoms with Crippen molar-refractivity contribution in [3.8, 4) is 11.5 Å². The van der Waals surface area contributed by atoms with Crippen molar-refractivity contribution in [3.63, 3.8) is 0 Å². The minimum atomic E-state index is -4.93. The van der Waals surface area contributed by atoms with Crippen LogP contribution in [0.1, 0.15) is 11.3 Å². The summed E-state index contributed by atoms with van der Waals surface area (Å²) in [5.41, 5.74) is 2.52. The summed E-state index contributed by atoms with van der Waals surface area (Å²) in [5.74, 6) is -2.23. The van der Waals surface area contributed by atoms with Crippen molar-refractivity contribution in [1.82, 2.24) is 24.3 Å². The van der Waals surface area contributed by atoms with Crippen LogP contribution in [0.5, 0.6) is 0 Å². The van der Waals surface area contributed by atoms with E-state index in [0.29, 0.717) is 0 Å². The molecule has 0 spiro atoms. The maximum atomic E-state index is 13.7. The fourth-order valence-corrected chi connectivity index (χ4v) is 2.86. The molecule has 0 aliphatic heterocycles. The van der Waals surface area contributed by atoms with E-state index in [1.54, 1.807) is 0 Å². The first-order chi connectivity index (χ1) is 14.9. The predicted octanol–water partition coefficient (Wildman–Crippen LogP) is 4.69. The number of alkyl halides is 6. The van der Waals surface area contributed by atoms with Gasteiger partial charge in [-0.3, -0.25) is 4.40 Å². The third-order valence-electron chi connectivity index (χ3n) is 4.18. The molecule has 3 aromatic heterocycles. The van der Waals surface area contributed by atoms with Crippen LogP contribution in [0.2, 0.25) is 0 Å². The van der Waals surface area contributed by atoms with E-state index < -0.39 is 46.9 Å². The van der Waals surface area contributed by atoms with Gasteiger partial charge in [0.25, 0.3) is 0 Å². The quantitative estimate of drug-likeness (QED) is 0.434. The van der Waals surface area contributed by atoms with Crippen molar-refractivity contribution in [1.29, 1.82) is 0 Å². The highest BCUT2D eigenvalue weighted by Crippen LogP contribution is 2.36. The lowest BCUT2D eigenvalue weighted by molar-refractivity contribution is -0.140. The van der Waals surface area contributed by atoms with E-state index in [4.69, 9.17) is 5.73 Å². The van der Waals surface area contributed by atoms with Gasteiger partial charge < -0.3 is 11.1 Å². The first-order valence-electron chi connectivity index (χ1n) is 8.63. The van der Waals surface area contributed by atoms with Crippen LogP contribution in [0.4, 0.5) is 48.3 Å². The summed E-state index contributed by atoms with van der Waals surface area (Å²) in [6.07, 6.45) is -8.70. The number of rotatable bonds is 3. The Bertz CT molecular complexity index is 1290. The molecule has 0 aliphatic rings. The number of anilines is 3. The van der Waals surface area contributed by atoms with Gasteiger partial charge in [-0.2, -0.15) is 41.3 Å². The zero-order valence-electron chi connectivity index (χ0n) is 15.5. The van der Waals surface area contributed by atoms with E-state index in [0.717, 1.165) is 47.0 Å². The molecular weight excluding hydrogens is 447 g/mol. The maximum absolute atomic E-state index is 13.7. The maximum Gasteiger partial charge on any atom is 0.435 e. The van der Waals surface area contributed by atoms with E-state index in [1.165, 1.54) is 0 Å². The van der Waals surface area contributed by atoms with Crippen LogP contribution >= 0.6 is 0 Å². The molecule has 0 saturated heterocycles. The van der Waals surface area contributed by atoms with Gasteiger partial charge in [-0.05, 0) is 36.4 Å². The summed E-state index contributed by atoms with van der Waals surface area (Å²) in [4.78, 5) is 14.8. The van der Waals surface area contributed by atoms with Crippen LogP contribution in [0.15, 0.2) is 42.6 Å². The van der Waals surface area contributed by atoms with Crippen LogP contribution < -0.4 is 11.1 Å². The normalized spacial score (nSPS) is 12.3. The van der Waals surface area contributed by atoms with Gasteiger partial charge in [0.05, 0.1) is 5.56 Å². The first-order valence-corrected chi connectivity index (χ1v) is 8.63. The molecule has 32 heavy (non-hydrogen) atoms. The average Bonchev–Trinajstić information content (AvgIpc) is 3.06. The third kappa shape index (κ3) is 4.10. The summed E-state index contributed by atoms with van der Waals surface area (Å²) in [6.45, 7) is 0. The second kappa shape index (κ2) is 7.32. The van der Waals surface area contributed by atoms with Gasteiger partial charge in [0, 0.05) is 11.9 Å². The van der Waals surface area contributed by atoms with Crippen molar-refractivity contribution in [3.05, 3.63) is 59.7 Å². The number of nitrogen functional groups attached to an aromatic ring is 1. The van der Waals surface area contributed by atoms with Gasteiger partial charge in [-0.15, -0.1) is 0 Å². The molecule has 14 heteroatoms. The number of fused-ring (bicyclic) bond motifs is 1. The highest BCUT2D eigenvalue weighted by Gasteiger charge is 2.39.